The number of benzene rings is 2. The summed E-state index contributed by atoms with van der Waals surface area (Å²) in [4.78, 5) is 34.0. The molecule has 0 saturated carbocycles. The van der Waals surface area contributed by atoms with Gasteiger partial charge in [0.2, 0.25) is 0 Å². The van der Waals surface area contributed by atoms with Crippen LogP contribution >= 0.6 is 11.3 Å². The highest BCUT2D eigenvalue weighted by Gasteiger charge is 2.22. The maximum atomic E-state index is 15.2. The normalized spacial score (nSPS) is 14.4. The number of thiophene rings is 1. The van der Waals surface area contributed by atoms with Gasteiger partial charge >= 0.3 is 0 Å². The highest BCUT2D eigenvalue weighted by Crippen LogP contribution is 2.40. The number of nitrogens with zero attached hydrogens (tertiary/aromatic N) is 4. The van der Waals surface area contributed by atoms with Crippen LogP contribution in [0, 0.1) is 11.6 Å². The Balaban J connectivity index is 1.19. The molecule has 0 amide bonds. The van der Waals surface area contributed by atoms with Crippen molar-refractivity contribution in [3.63, 3.8) is 0 Å². The number of pyridine rings is 1. The second-order valence-electron chi connectivity index (χ2n) is 10.2. The summed E-state index contributed by atoms with van der Waals surface area (Å²) in [7, 11) is 2.13. The van der Waals surface area contributed by atoms with E-state index in [2.05, 4.69) is 28.1 Å². The summed E-state index contributed by atoms with van der Waals surface area (Å²) in [6, 6.07) is 14.7. The van der Waals surface area contributed by atoms with Gasteiger partial charge in [0, 0.05) is 29.8 Å². The molecule has 41 heavy (non-hydrogen) atoms. The molecule has 208 valence electrons. The van der Waals surface area contributed by atoms with Gasteiger partial charge in [-0.3, -0.25) is 14.6 Å². The van der Waals surface area contributed by atoms with Crippen LogP contribution in [0.5, 0.6) is 11.5 Å². The van der Waals surface area contributed by atoms with Crippen LogP contribution in [-0.2, 0) is 6.42 Å². The number of hydrogen-bond donors (Lipinski definition) is 0. The minimum Gasteiger partial charge on any atom is -0.453 e. The lowest BCUT2D eigenvalue weighted by Gasteiger charge is -2.28. The zero-order valence-electron chi connectivity index (χ0n) is 22.2. The first kappa shape index (κ1) is 26.9. The molecule has 1 saturated heterocycles. The molecule has 4 heterocycles. The Hall–Kier alpha value is -4.28. The van der Waals surface area contributed by atoms with Crippen molar-refractivity contribution in [2.45, 2.75) is 25.2 Å². The summed E-state index contributed by atoms with van der Waals surface area (Å²) in [5.41, 5.74) is 0.815. The fourth-order valence-electron chi connectivity index (χ4n) is 5.03. The molecule has 1 aliphatic heterocycles. The Labute approximate surface area is 238 Å². The van der Waals surface area contributed by atoms with Crippen molar-refractivity contribution in [1.82, 2.24) is 19.7 Å². The molecule has 6 rings (SSSR count). The van der Waals surface area contributed by atoms with Crippen molar-refractivity contribution < 1.29 is 18.3 Å². The molecule has 0 N–H and O–H groups in total. The van der Waals surface area contributed by atoms with E-state index < -0.39 is 23.0 Å². The van der Waals surface area contributed by atoms with Crippen LogP contribution in [0.3, 0.4) is 0 Å². The van der Waals surface area contributed by atoms with Crippen LogP contribution in [0.15, 0.2) is 77.9 Å². The summed E-state index contributed by atoms with van der Waals surface area (Å²) in [6.07, 6.45) is 4.97. The van der Waals surface area contributed by atoms with Gasteiger partial charge in [0.1, 0.15) is 11.6 Å². The number of ketones is 1. The molecular formula is C31H26F2N4O3S. The maximum absolute atomic E-state index is 15.2. The minimum atomic E-state index is -0.637. The summed E-state index contributed by atoms with van der Waals surface area (Å²) < 4.78 is 36.3. The minimum absolute atomic E-state index is 0.0329. The molecule has 1 fully saturated rings. The van der Waals surface area contributed by atoms with Gasteiger partial charge in [-0.15, -0.1) is 11.3 Å². The van der Waals surface area contributed by atoms with E-state index in [4.69, 9.17) is 4.74 Å². The van der Waals surface area contributed by atoms with Gasteiger partial charge < -0.3 is 9.64 Å². The molecule has 1 aliphatic rings. The molecule has 3 aromatic heterocycles. The summed E-state index contributed by atoms with van der Waals surface area (Å²) in [6.45, 7) is 2.11. The third-order valence-corrected chi connectivity index (χ3v) is 8.62. The quantitative estimate of drug-likeness (QED) is 0.218. The average molecular weight is 573 g/mol. The molecule has 0 atom stereocenters. The SMILES string of the molecule is CN1CCC(c2cc3nccc(Oc4ccc(CC(=O)c5ccnn(-c6ccc(F)cc6)c5=O)cc4F)c3s2)CC1. The van der Waals surface area contributed by atoms with Gasteiger partial charge in [-0.1, -0.05) is 6.07 Å². The number of fused-ring (bicyclic) bond motifs is 1. The lowest BCUT2D eigenvalue weighted by molar-refractivity contribution is 0.0991. The number of likely N-dealkylation sites (tertiary alicyclic amines) is 1. The number of aromatic nitrogens is 3. The van der Waals surface area contributed by atoms with Gasteiger partial charge in [-0.05, 0) is 93.0 Å². The number of carbonyl (C=O) groups excluding carboxylic acids is 1. The van der Waals surface area contributed by atoms with E-state index in [-0.39, 0.29) is 17.7 Å². The van der Waals surface area contributed by atoms with Gasteiger partial charge in [0.25, 0.3) is 5.56 Å². The van der Waals surface area contributed by atoms with E-state index in [0.29, 0.717) is 22.9 Å². The van der Waals surface area contributed by atoms with Crippen molar-refractivity contribution in [3.8, 4) is 17.2 Å². The molecule has 7 nitrogen and oxygen atoms in total. The van der Waals surface area contributed by atoms with E-state index in [1.165, 1.54) is 53.5 Å². The van der Waals surface area contributed by atoms with Gasteiger partial charge in [-0.25, -0.2) is 8.78 Å². The largest absolute Gasteiger partial charge is 0.453 e. The molecule has 0 aliphatic carbocycles. The molecule has 0 radical (unpaired) electrons. The average Bonchev–Trinajstić information content (AvgIpc) is 3.41. The third kappa shape index (κ3) is 5.66. The van der Waals surface area contributed by atoms with Crippen molar-refractivity contribution in [2.75, 3.05) is 20.1 Å². The van der Waals surface area contributed by atoms with Gasteiger partial charge in [0.05, 0.1) is 21.5 Å². The maximum Gasteiger partial charge on any atom is 0.282 e. The van der Waals surface area contributed by atoms with Crippen molar-refractivity contribution >= 4 is 27.3 Å². The first-order valence-corrected chi connectivity index (χ1v) is 14.1. The fourth-order valence-corrected chi connectivity index (χ4v) is 6.27. The van der Waals surface area contributed by atoms with E-state index in [1.807, 2.05) is 0 Å². The number of rotatable bonds is 7. The molecule has 10 heteroatoms. The topological polar surface area (TPSA) is 77.3 Å². The van der Waals surface area contributed by atoms with Crippen LogP contribution in [-0.4, -0.2) is 45.6 Å². The first-order chi connectivity index (χ1) is 19.9. The summed E-state index contributed by atoms with van der Waals surface area (Å²) in [5.74, 6) is -0.523. The Morgan fingerprint density at radius 1 is 1.00 bits per heavy atom. The Morgan fingerprint density at radius 3 is 2.54 bits per heavy atom. The predicted octanol–water partition coefficient (Wildman–Crippen LogP) is 6.15. The predicted molar refractivity (Wildman–Crippen MR) is 153 cm³/mol. The lowest BCUT2D eigenvalue weighted by atomic mass is 9.95. The fraction of sp³-hybridized carbons (Fsp3) is 0.226. The second-order valence-corrected chi connectivity index (χ2v) is 11.2. The van der Waals surface area contributed by atoms with Crippen molar-refractivity contribution in [3.05, 3.63) is 111 Å². The molecule has 0 unspecified atom stereocenters. The summed E-state index contributed by atoms with van der Waals surface area (Å²) >= 11 is 1.64. The van der Waals surface area contributed by atoms with Gasteiger partial charge in [-0.2, -0.15) is 9.78 Å². The van der Waals surface area contributed by atoms with E-state index in [1.54, 1.807) is 29.7 Å². The van der Waals surface area contributed by atoms with E-state index in [0.717, 1.165) is 40.8 Å². The highest BCUT2D eigenvalue weighted by molar-refractivity contribution is 7.19. The van der Waals surface area contributed by atoms with Crippen molar-refractivity contribution in [1.29, 1.82) is 0 Å². The van der Waals surface area contributed by atoms with Crippen molar-refractivity contribution in [2.24, 2.45) is 0 Å². The molecule has 0 spiro atoms. The smallest absolute Gasteiger partial charge is 0.282 e. The number of halogens is 2. The van der Waals surface area contributed by atoms with Gasteiger partial charge in [0.15, 0.2) is 17.3 Å². The summed E-state index contributed by atoms with van der Waals surface area (Å²) in [5, 5.41) is 3.99. The Bertz CT molecular complexity index is 1790. The monoisotopic (exact) mass is 572 g/mol. The van der Waals surface area contributed by atoms with Crippen LogP contribution in [0.2, 0.25) is 0 Å². The van der Waals surface area contributed by atoms with Crippen LogP contribution in [0.4, 0.5) is 8.78 Å². The van der Waals surface area contributed by atoms with Crippen LogP contribution in [0.1, 0.15) is 39.6 Å². The standard InChI is InChI=1S/C31H26F2N4O3S/c1-36-14-10-20(11-15-36)29-18-25-30(41-29)28(9-12-34-25)40-27-7-2-19(16-24(27)33)17-26(38)23-8-13-35-37(31(23)39)22-5-3-21(32)4-6-22/h2-9,12-13,16,18,20H,10-11,14-15,17H2,1H3. The van der Waals surface area contributed by atoms with E-state index >= 15 is 4.39 Å². The molecule has 0 bridgehead atoms. The number of carbonyl (C=O) groups is 1. The van der Waals surface area contributed by atoms with Crippen LogP contribution in [0.25, 0.3) is 15.9 Å². The molecular weight excluding hydrogens is 546 g/mol. The number of ether oxygens (including phenoxy) is 1. The number of Topliss-reactive ketones (excluding diaryl/α,β-unsaturated/α-hetero) is 1. The highest BCUT2D eigenvalue weighted by atomic mass is 32.1. The zero-order chi connectivity index (χ0) is 28.5. The zero-order valence-corrected chi connectivity index (χ0v) is 23.0. The number of hydrogen-bond acceptors (Lipinski definition) is 7. The Kier molecular flexibility index (Phi) is 7.42. The lowest BCUT2D eigenvalue weighted by Crippen LogP contribution is -2.28. The first-order valence-electron chi connectivity index (χ1n) is 13.3. The van der Waals surface area contributed by atoms with Crippen LogP contribution < -0.4 is 10.3 Å². The Morgan fingerprint density at radius 2 is 1.78 bits per heavy atom. The third-order valence-electron chi connectivity index (χ3n) is 7.31. The molecule has 5 aromatic rings. The van der Waals surface area contributed by atoms with E-state index in [9.17, 15) is 14.0 Å². The molecule has 2 aromatic carbocycles. The number of piperidine rings is 1. The second kappa shape index (κ2) is 11.3.